The number of aromatic nitrogens is 4. The number of nitrogens with zero attached hydrogens (tertiary/aromatic N) is 3. The molecule has 2 atom stereocenters. The lowest BCUT2D eigenvalue weighted by Crippen LogP contribution is -2.40. The van der Waals surface area contributed by atoms with E-state index in [1.807, 2.05) is 0 Å². The molecule has 0 amide bonds. The first kappa shape index (κ1) is 10.5. The van der Waals surface area contributed by atoms with Gasteiger partial charge in [0, 0.05) is 28.1 Å². The van der Waals surface area contributed by atoms with E-state index in [2.05, 4.69) is 9.97 Å². The van der Waals surface area contributed by atoms with Crippen molar-refractivity contribution in [3.05, 3.63) is 26.7 Å². The summed E-state index contributed by atoms with van der Waals surface area (Å²) in [6, 6.07) is 0. The summed E-state index contributed by atoms with van der Waals surface area (Å²) in [7, 11) is 0. The van der Waals surface area contributed by atoms with Gasteiger partial charge in [-0.2, -0.15) is 0 Å². The zero-order valence-corrected chi connectivity index (χ0v) is 14.8. The highest BCUT2D eigenvalue weighted by atomic mass is 16.2. The second-order valence-electron chi connectivity index (χ2n) is 8.30. The second-order valence-corrected chi connectivity index (χ2v) is 8.30. The van der Waals surface area contributed by atoms with E-state index in [-0.39, 0.29) is 23.1 Å². The van der Waals surface area contributed by atoms with Crippen LogP contribution in [0.4, 0.5) is 0 Å². The van der Waals surface area contributed by atoms with Crippen LogP contribution in [-0.4, -0.2) is 19.1 Å². The Bertz CT molecular complexity index is 1230. The minimum absolute atomic E-state index is 0.00722. The Morgan fingerprint density at radius 2 is 2.04 bits per heavy atom. The minimum Gasteiger partial charge on any atom is -0.336 e. The zero-order valence-electron chi connectivity index (χ0n) is 21.8. The number of rotatable bonds is 5. The third-order valence-corrected chi connectivity index (χ3v) is 6.85. The number of aryl methyl sites for hydroxylation is 1. The lowest BCUT2D eigenvalue weighted by atomic mass is 9.75. The van der Waals surface area contributed by atoms with Crippen LogP contribution >= 0.6 is 0 Å². The predicted octanol–water partition coefficient (Wildman–Crippen LogP) is 2.78. The van der Waals surface area contributed by atoms with Crippen LogP contribution in [0.2, 0.25) is 0 Å². The van der Waals surface area contributed by atoms with Gasteiger partial charge in [-0.15, -0.1) is 0 Å². The third-order valence-electron chi connectivity index (χ3n) is 6.85. The van der Waals surface area contributed by atoms with Gasteiger partial charge in [0.05, 0.1) is 0 Å². The summed E-state index contributed by atoms with van der Waals surface area (Å²) >= 11 is 0. The van der Waals surface area contributed by atoms with E-state index in [1.54, 1.807) is 6.92 Å². The van der Waals surface area contributed by atoms with Gasteiger partial charge in [-0.3, -0.25) is 13.9 Å². The topological polar surface area (TPSA) is 72.7 Å². The van der Waals surface area contributed by atoms with Gasteiger partial charge < -0.3 is 4.98 Å². The molecule has 6 nitrogen and oxygen atoms in total. The lowest BCUT2D eigenvalue weighted by Gasteiger charge is -2.30. The van der Waals surface area contributed by atoms with Crippen LogP contribution in [0.5, 0.6) is 0 Å². The fourth-order valence-electron chi connectivity index (χ4n) is 6.10. The maximum atomic E-state index is 13.3. The highest BCUT2D eigenvalue weighted by Crippen LogP contribution is 2.65. The summed E-state index contributed by atoms with van der Waals surface area (Å²) in [6.07, 6.45) is 2.20. The van der Waals surface area contributed by atoms with Crippen molar-refractivity contribution in [3.63, 3.8) is 0 Å². The highest BCUT2D eigenvalue weighted by Gasteiger charge is 2.59. The van der Waals surface area contributed by atoms with E-state index in [9.17, 15) is 9.59 Å². The van der Waals surface area contributed by atoms with Crippen molar-refractivity contribution in [1.29, 1.82) is 0 Å². The second kappa shape index (κ2) is 5.57. The van der Waals surface area contributed by atoms with Gasteiger partial charge in [0.25, 0.3) is 5.56 Å². The molecule has 26 heavy (non-hydrogen) atoms. The minimum atomic E-state index is -3.41. The number of nitrogens with one attached hydrogen (secondary N) is 1. The molecule has 0 aliphatic heterocycles. The van der Waals surface area contributed by atoms with Gasteiger partial charge in [-0.25, -0.2) is 9.78 Å². The fraction of sp³-hybridized carbons (Fsp3) is 0.750. The SMILES string of the molecule is [2H]C([2H])([2H])C([2H])([2H])C([2H])([2H])n1c(=O)n(CCC)c(=O)c2[nH]c(C34CC5CC(CC3C5)C4)nc21. The van der Waals surface area contributed by atoms with Gasteiger partial charge in [0.15, 0.2) is 5.65 Å². The molecule has 4 saturated carbocycles. The summed E-state index contributed by atoms with van der Waals surface area (Å²) < 4.78 is 57.1. The van der Waals surface area contributed by atoms with Crippen LogP contribution in [0.25, 0.3) is 11.2 Å². The first-order valence-corrected chi connectivity index (χ1v) is 9.51. The van der Waals surface area contributed by atoms with Gasteiger partial charge in [-0.05, 0) is 62.7 Å². The van der Waals surface area contributed by atoms with Crippen molar-refractivity contribution in [1.82, 2.24) is 19.1 Å². The first-order valence-electron chi connectivity index (χ1n) is 13.0. The smallest absolute Gasteiger partial charge is 0.332 e. The molecular formula is C20H28N4O2. The van der Waals surface area contributed by atoms with Crippen molar-refractivity contribution in [3.8, 4) is 0 Å². The number of fused-ring (bicyclic) bond motifs is 1. The summed E-state index contributed by atoms with van der Waals surface area (Å²) in [5.41, 5.74) is -2.40. The number of aromatic amines is 1. The molecule has 140 valence electrons. The van der Waals surface area contributed by atoms with Crippen LogP contribution in [-0.2, 0) is 18.5 Å². The molecular weight excluding hydrogens is 328 g/mol. The first-order chi connectivity index (χ1) is 15.2. The predicted molar refractivity (Wildman–Crippen MR) is 100 cm³/mol. The molecule has 2 aromatic rings. The maximum absolute atomic E-state index is 13.3. The van der Waals surface area contributed by atoms with Crippen molar-refractivity contribution in [2.24, 2.45) is 17.8 Å². The zero-order chi connectivity index (χ0) is 24.1. The van der Waals surface area contributed by atoms with E-state index in [1.165, 1.54) is 6.42 Å². The molecule has 2 heterocycles. The molecule has 4 bridgehead atoms. The number of hydrogen-bond acceptors (Lipinski definition) is 3. The van der Waals surface area contributed by atoms with Gasteiger partial charge in [0.1, 0.15) is 11.3 Å². The summed E-state index contributed by atoms with van der Waals surface area (Å²) in [5, 5.41) is 0. The maximum Gasteiger partial charge on any atom is 0.332 e. The molecule has 0 saturated heterocycles. The molecule has 1 N–H and O–H groups in total. The summed E-state index contributed by atoms with van der Waals surface area (Å²) in [4.78, 5) is 34.2. The van der Waals surface area contributed by atoms with Crippen molar-refractivity contribution >= 4 is 11.2 Å². The van der Waals surface area contributed by atoms with E-state index < -0.39 is 31.0 Å². The van der Waals surface area contributed by atoms with Crippen LogP contribution in [0, 0.1) is 17.8 Å². The lowest BCUT2D eigenvalue weighted by molar-refractivity contribution is 0.262. The Labute approximate surface area is 162 Å². The molecule has 0 aromatic carbocycles. The molecule has 4 fully saturated rings. The van der Waals surface area contributed by atoms with E-state index in [0.29, 0.717) is 34.6 Å². The van der Waals surface area contributed by atoms with E-state index in [4.69, 9.17) is 9.60 Å². The monoisotopic (exact) mass is 363 g/mol. The van der Waals surface area contributed by atoms with Crippen LogP contribution in [0.3, 0.4) is 0 Å². The van der Waals surface area contributed by atoms with Crippen LogP contribution in [0.1, 0.15) is 74.1 Å². The average molecular weight is 364 g/mol. The Morgan fingerprint density at radius 1 is 1.27 bits per heavy atom. The van der Waals surface area contributed by atoms with Gasteiger partial charge >= 0.3 is 5.69 Å². The standard InChI is InChI=1S/C20H28N4O2/c1-3-5-23-16-15(17(25)24(6-4-2)19(23)26)21-18(22-16)20-10-12-7-13(11-20)9-14(20)8-12/h12-14H,3-11H2,1-2H3,(H,21,22)/i1D3,3D2,5D2. The molecule has 0 spiro atoms. The Balaban J connectivity index is 1.79. The molecule has 6 rings (SSSR count). The molecule has 6 heteroatoms. The molecule has 4 aliphatic rings. The van der Waals surface area contributed by atoms with Gasteiger partial charge in [0.2, 0.25) is 0 Å². The Morgan fingerprint density at radius 3 is 2.73 bits per heavy atom. The third kappa shape index (κ3) is 2.01. The van der Waals surface area contributed by atoms with Crippen molar-refractivity contribution in [2.75, 3.05) is 0 Å². The Hall–Kier alpha value is -1.85. The number of H-pyrrole nitrogens is 1. The fourth-order valence-corrected chi connectivity index (χ4v) is 6.10. The molecule has 4 aliphatic carbocycles. The quantitative estimate of drug-likeness (QED) is 0.888. The van der Waals surface area contributed by atoms with Gasteiger partial charge in [-0.1, -0.05) is 13.8 Å². The average Bonchev–Trinajstić information content (AvgIpc) is 3.32. The molecule has 0 radical (unpaired) electrons. The molecule has 2 aromatic heterocycles. The van der Waals surface area contributed by atoms with Crippen molar-refractivity contribution < 1.29 is 9.60 Å². The van der Waals surface area contributed by atoms with Crippen molar-refractivity contribution in [2.45, 2.75) is 77.1 Å². The van der Waals surface area contributed by atoms with Crippen LogP contribution < -0.4 is 11.2 Å². The normalized spacial score (nSPS) is 37.7. The van der Waals surface area contributed by atoms with Crippen LogP contribution in [0.15, 0.2) is 9.59 Å². The van der Waals surface area contributed by atoms with E-state index in [0.717, 1.165) is 30.3 Å². The molecule has 2 unspecified atom stereocenters. The largest absolute Gasteiger partial charge is 0.336 e. The van der Waals surface area contributed by atoms with E-state index >= 15 is 0 Å². The number of imidazole rings is 1. The summed E-state index contributed by atoms with van der Waals surface area (Å²) in [6.45, 7) is -4.89. The highest BCUT2D eigenvalue weighted by molar-refractivity contribution is 5.70. The summed E-state index contributed by atoms with van der Waals surface area (Å²) in [5.74, 6) is 2.12. The Kier molecular flexibility index (Phi) is 2.24. The number of hydrogen-bond donors (Lipinski definition) is 1.